The van der Waals surface area contributed by atoms with Gasteiger partial charge in [-0.2, -0.15) is 5.10 Å². The topological polar surface area (TPSA) is 39.1 Å². The molecule has 1 atom stereocenters. The molecule has 1 unspecified atom stereocenters. The van der Waals surface area contributed by atoms with Gasteiger partial charge in [0.2, 0.25) is 0 Å². The summed E-state index contributed by atoms with van der Waals surface area (Å²) < 4.78 is 8.11. The van der Waals surface area contributed by atoms with Crippen molar-refractivity contribution in [1.82, 2.24) is 15.1 Å². The van der Waals surface area contributed by atoms with E-state index >= 15 is 0 Å². The van der Waals surface area contributed by atoms with Crippen molar-refractivity contribution in [1.29, 1.82) is 0 Å². The van der Waals surface area contributed by atoms with Gasteiger partial charge in [0.25, 0.3) is 0 Å². The Labute approximate surface area is 116 Å². The van der Waals surface area contributed by atoms with Crippen molar-refractivity contribution in [2.75, 3.05) is 14.2 Å². The highest BCUT2D eigenvalue weighted by Crippen LogP contribution is 2.40. The molecular formula is C15H27N3O. The average molecular weight is 265 g/mol. The van der Waals surface area contributed by atoms with Crippen LogP contribution in [-0.2, 0) is 11.3 Å². The normalized spacial score (nSPS) is 20.4. The van der Waals surface area contributed by atoms with E-state index in [1.807, 2.05) is 20.4 Å². The Hall–Kier alpha value is -0.870. The predicted octanol–water partition coefficient (Wildman–Crippen LogP) is 2.90. The van der Waals surface area contributed by atoms with Crippen LogP contribution in [0.2, 0.25) is 0 Å². The number of ether oxygens (including phenoxy) is 1. The lowest BCUT2D eigenvalue weighted by Crippen LogP contribution is -2.46. The fraction of sp³-hybridized carbons (Fsp3) is 0.800. The van der Waals surface area contributed by atoms with Crippen molar-refractivity contribution in [3.63, 3.8) is 0 Å². The van der Waals surface area contributed by atoms with E-state index in [2.05, 4.69) is 28.1 Å². The highest BCUT2D eigenvalue weighted by Gasteiger charge is 2.41. The standard InChI is InChI=1S/C15H27N3O/c1-4-12-18-13(8-11-17-18)14(16-2)15(19-3)9-6-5-7-10-15/h8,11,14,16H,4-7,9-10,12H2,1-3H3. The summed E-state index contributed by atoms with van der Waals surface area (Å²) in [5.74, 6) is 0. The molecule has 1 heterocycles. The average Bonchev–Trinajstić information content (AvgIpc) is 2.89. The van der Waals surface area contributed by atoms with Crippen molar-refractivity contribution in [3.05, 3.63) is 18.0 Å². The number of aromatic nitrogens is 2. The molecule has 1 aromatic rings. The van der Waals surface area contributed by atoms with Gasteiger partial charge in [-0.3, -0.25) is 4.68 Å². The van der Waals surface area contributed by atoms with E-state index in [0.29, 0.717) is 0 Å². The first-order valence-corrected chi connectivity index (χ1v) is 7.51. The zero-order valence-corrected chi connectivity index (χ0v) is 12.5. The third kappa shape index (κ3) is 2.84. The van der Waals surface area contributed by atoms with Crippen LogP contribution in [0.25, 0.3) is 0 Å². The summed E-state index contributed by atoms with van der Waals surface area (Å²) in [6, 6.07) is 2.36. The molecule has 4 heteroatoms. The van der Waals surface area contributed by atoms with Crippen molar-refractivity contribution in [2.24, 2.45) is 0 Å². The van der Waals surface area contributed by atoms with E-state index in [1.165, 1.54) is 25.0 Å². The Morgan fingerprint density at radius 3 is 2.74 bits per heavy atom. The number of likely N-dealkylation sites (N-methyl/N-ethyl adjacent to an activating group) is 1. The minimum Gasteiger partial charge on any atom is -0.376 e. The smallest absolute Gasteiger partial charge is 0.0887 e. The first-order chi connectivity index (χ1) is 9.27. The molecule has 0 spiro atoms. The molecule has 1 fully saturated rings. The second kappa shape index (κ2) is 6.53. The Morgan fingerprint density at radius 1 is 1.42 bits per heavy atom. The fourth-order valence-electron chi connectivity index (χ4n) is 3.43. The molecule has 0 radical (unpaired) electrons. The number of hydrogen-bond donors (Lipinski definition) is 1. The summed E-state index contributed by atoms with van der Waals surface area (Å²) in [6.07, 6.45) is 9.11. The van der Waals surface area contributed by atoms with Gasteiger partial charge in [-0.25, -0.2) is 0 Å². The third-order valence-electron chi connectivity index (χ3n) is 4.40. The van der Waals surface area contributed by atoms with Crippen LogP contribution in [-0.4, -0.2) is 29.5 Å². The minimum absolute atomic E-state index is 0.0709. The van der Waals surface area contributed by atoms with Gasteiger partial charge in [0.15, 0.2) is 0 Å². The van der Waals surface area contributed by atoms with Crippen molar-refractivity contribution in [3.8, 4) is 0 Å². The molecule has 1 N–H and O–H groups in total. The number of methoxy groups -OCH3 is 1. The molecule has 0 amide bonds. The van der Waals surface area contributed by atoms with Crippen LogP contribution in [0.15, 0.2) is 12.3 Å². The Morgan fingerprint density at radius 2 is 2.16 bits per heavy atom. The van der Waals surface area contributed by atoms with Crippen LogP contribution in [0.4, 0.5) is 0 Å². The SMILES string of the molecule is CCCn1nccc1C(NC)C1(OC)CCCCC1. The van der Waals surface area contributed by atoms with Crippen LogP contribution in [0, 0.1) is 0 Å². The Bertz CT molecular complexity index is 382. The van der Waals surface area contributed by atoms with Crippen LogP contribution in [0.5, 0.6) is 0 Å². The zero-order valence-electron chi connectivity index (χ0n) is 12.5. The number of hydrogen-bond acceptors (Lipinski definition) is 3. The van der Waals surface area contributed by atoms with Gasteiger partial charge in [0, 0.05) is 19.9 Å². The maximum atomic E-state index is 5.99. The summed E-state index contributed by atoms with van der Waals surface area (Å²) in [6.45, 7) is 3.16. The number of aryl methyl sites for hydroxylation is 1. The molecule has 4 nitrogen and oxygen atoms in total. The van der Waals surface area contributed by atoms with Crippen LogP contribution in [0.3, 0.4) is 0 Å². The van der Waals surface area contributed by atoms with Gasteiger partial charge < -0.3 is 10.1 Å². The number of nitrogens with zero attached hydrogens (tertiary/aromatic N) is 2. The van der Waals surface area contributed by atoms with E-state index < -0.39 is 0 Å². The Balaban J connectivity index is 2.28. The van der Waals surface area contributed by atoms with Gasteiger partial charge >= 0.3 is 0 Å². The summed E-state index contributed by atoms with van der Waals surface area (Å²) in [7, 11) is 3.89. The highest BCUT2D eigenvalue weighted by molar-refractivity contribution is 5.14. The molecule has 0 aromatic carbocycles. The lowest BCUT2D eigenvalue weighted by Gasteiger charge is -2.42. The lowest BCUT2D eigenvalue weighted by atomic mass is 9.78. The first kappa shape index (κ1) is 14.5. The number of nitrogens with one attached hydrogen (secondary N) is 1. The van der Waals surface area contributed by atoms with Gasteiger partial charge in [0.05, 0.1) is 17.3 Å². The maximum Gasteiger partial charge on any atom is 0.0887 e. The van der Waals surface area contributed by atoms with E-state index in [9.17, 15) is 0 Å². The summed E-state index contributed by atoms with van der Waals surface area (Å²) in [5, 5.41) is 7.94. The van der Waals surface area contributed by atoms with Gasteiger partial charge in [0.1, 0.15) is 0 Å². The molecule has 2 rings (SSSR count). The second-order valence-electron chi connectivity index (χ2n) is 5.53. The largest absolute Gasteiger partial charge is 0.376 e. The van der Waals surface area contributed by atoms with Crippen molar-refractivity contribution >= 4 is 0 Å². The quantitative estimate of drug-likeness (QED) is 0.859. The van der Waals surface area contributed by atoms with Gasteiger partial charge in [-0.05, 0) is 32.4 Å². The molecule has 0 aliphatic heterocycles. The molecule has 1 saturated carbocycles. The van der Waals surface area contributed by atoms with Gasteiger partial charge in [-0.15, -0.1) is 0 Å². The summed E-state index contributed by atoms with van der Waals surface area (Å²) in [5.41, 5.74) is 1.19. The molecule has 0 saturated heterocycles. The monoisotopic (exact) mass is 265 g/mol. The van der Waals surface area contributed by atoms with Crippen LogP contribution in [0.1, 0.15) is 57.2 Å². The zero-order chi connectivity index (χ0) is 13.7. The molecule has 108 valence electrons. The molecule has 1 aliphatic carbocycles. The lowest BCUT2D eigenvalue weighted by molar-refractivity contribution is -0.0690. The molecule has 0 bridgehead atoms. The minimum atomic E-state index is -0.0709. The molecule has 1 aliphatic rings. The molecule has 19 heavy (non-hydrogen) atoms. The number of rotatable bonds is 6. The van der Waals surface area contributed by atoms with Crippen LogP contribution >= 0.6 is 0 Å². The summed E-state index contributed by atoms with van der Waals surface area (Å²) in [4.78, 5) is 0. The fourth-order valence-corrected chi connectivity index (χ4v) is 3.43. The van der Waals surface area contributed by atoms with E-state index in [-0.39, 0.29) is 11.6 Å². The second-order valence-corrected chi connectivity index (χ2v) is 5.53. The molecule has 1 aromatic heterocycles. The third-order valence-corrected chi connectivity index (χ3v) is 4.40. The van der Waals surface area contributed by atoms with Crippen molar-refractivity contribution in [2.45, 2.75) is 63.6 Å². The maximum absolute atomic E-state index is 5.99. The molecular weight excluding hydrogens is 238 g/mol. The van der Waals surface area contributed by atoms with Gasteiger partial charge in [-0.1, -0.05) is 26.2 Å². The van der Waals surface area contributed by atoms with Crippen molar-refractivity contribution < 1.29 is 4.74 Å². The van der Waals surface area contributed by atoms with E-state index in [0.717, 1.165) is 25.8 Å². The first-order valence-electron chi connectivity index (χ1n) is 7.51. The Kier molecular flexibility index (Phi) is 4.99. The van der Waals surface area contributed by atoms with E-state index in [4.69, 9.17) is 4.74 Å². The highest BCUT2D eigenvalue weighted by atomic mass is 16.5. The van der Waals surface area contributed by atoms with Crippen LogP contribution < -0.4 is 5.32 Å². The predicted molar refractivity (Wildman–Crippen MR) is 77.1 cm³/mol. The van der Waals surface area contributed by atoms with E-state index in [1.54, 1.807) is 0 Å². The summed E-state index contributed by atoms with van der Waals surface area (Å²) >= 11 is 0.